The first-order valence-corrected chi connectivity index (χ1v) is 10.0. The molecule has 0 aliphatic carbocycles. The average Bonchev–Trinajstić information content (AvgIpc) is 3.33. The number of aromatic nitrogens is 2. The van der Waals surface area contributed by atoms with Gasteiger partial charge in [-0.25, -0.2) is 9.78 Å². The van der Waals surface area contributed by atoms with Crippen LogP contribution < -0.4 is 5.32 Å². The zero-order valence-corrected chi connectivity index (χ0v) is 16.4. The molecule has 2 heterocycles. The van der Waals surface area contributed by atoms with Gasteiger partial charge in [-0.2, -0.15) is 0 Å². The van der Waals surface area contributed by atoms with Crippen molar-refractivity contribution in [2.75, 3.05) is 13.1 Å². The van der Waals surface area contributed by atoms with Gasteiger partial charge in [-0.3, -0.25) is 0 Å². The molecular formula is C23H26N4O2. The van der Waals surface area contributed by atoms with Gasteiger partial charge in [0.2, 0.25) is 0 Å². The molecule has 6 nitrogen and oxygen atoms in total. The van der Waals surface area contributed by atoms with Crippen molar-refractivity contribution >= 4 is 6.03 Å². The summed E-state index contributed by atoms with van der Waals surface area (Å²) in [5.41, 5.74) is 4.32. The zero-order valence-electron chi connectivity index (χ0n) is 16.4. The van der Waals surface area contributed by atoms with Crippen molar-refractivity contribution < 1.29 is 9.90 Å². The Morgan fingerprint density at radius 3 is 2.55 bits per heavy atom. The van der Waals surface area contributed by atoms with E-state index in [9.17, 15) is 9.90 Å². The lowest BCUT2D eigenvalue weighted by molar-refractivity contribution is 0.180. The number of urea groups is 1. The molecule has 1 aromatic heterocycles. The van der Waals surface area contributed by atoms with E-state index in [0.717, 1.165) is 42.7 Å². The van der Waals surface area contributed by atoms with Crippen LogP contribution in [0.2, 0.25) is 0 Å². The Bertz CT molecular complexity index is 930. The summed E-state index contributed by atoms with van der Waals surface area (Å²) in [7, 11) is 0. The monoisotopic (exact) mass is 390 g/mol. The van der Waals surface area contributed by atoms with E-state index >= 15 is 0 Å². The molecule has 0 bridgehead atoms. The number of rotatable bonds is 5. The maximum atomic E-state index is 12.6. The topological polar surface area (TPSA) is 70.4 Å². The fourth-order valence-corrected chi connectivity index (χ4v) is 3.96. The predicted octanol–water partition coefficient (Wildman–Crippen LogP) is 3.45. The Morgan fingerprint density at radius 2 is 1.86 bits per heavy atom. The highest BCUT2D eigenvalue weighted by atomic mass is 16.3. The molecule has 1 saturated heterocycles. The predicted molar refractivity (Wildman–Crippen MR) is 112 cm³/mol. The van der Waals surface area contributed by atoms with E-state index in [2.05, 4.69) is 16.4 Å². The number of nitrogens with zero attached hydrogens (tertiary/aromatic N) is 3. The Morgan fingerprint density at radius 1 is 1.10 bits per heavy atom. The number of aliphatic hydroxyl groups excluding tert-OH is 1. The summed E-state index contributed by atoms with van der Waals surface area (Å²) in [6.45, 7) is 2.04. The van der Waals surface area contributed by atoms with Gasteiger partial charge in [0, 0.05) is 37.7 Å². The summed E-state index contributed by atoms with van der Waals surface area (Å²) < 4.78 is 1.95. The molecule has 0 atom stereocenters. The molecule has 6 heteroatoms. The van der Waals surface area contributed by atoms with Gasteiger partial charge in [-0.05, 0) is 47.6 Å². The van der Waals surface area contributed by atoms with Crippen LogP contribution in [0.5, 0.6) is 0 Å². The number of benzene rings is 2. The number of piperidine rings is 1. The first kappa shape index (κ1) is 19.2. The third kappa shape index (κ3) is 4.49. The molecule has 1 aliphatic rings. The van der Waals surface area contributed by atoms with Gasteiger partial charge in [-0.1, -0.05) is 36.4 Å². The molecule has 150 valence electrons. The van der Waals surface area contributed by atoms with Gasteiger partial charge in [0.05, 0.1) is 12.9 Å². The van der Waals surface area contributed by atoms with Crippen LogP contribution in [-0.4, -0.2) is 38.7 Å². The van der Waals surface area contributed by atoms with Crippen LogP contribution in [0.3, 0.4) is 0 Å². The van der Waals surface area contributed by atoms with Crippen LogP contribution in [0, 0.1) is 0 Å². The van der Waals surface area contributed by atoms with Crippen LogP contribution in [0.15, 0.2) is 67.3 Å². The quantitative estimate of drug-likeness (QED) is 0.701. The minimum atomic E-state index is -0.0161. The second-order valence-electron chi connectivity index (χ2n) is 7.41. The maximum absolute atomic E-state index is 12.6. The first-order chi connectivity index (χ1) is 14.2. The minimum Gasteiger partial charge on any atom is -0.392 e. The third-order valence-electron chi connectivity index (χ3n) is 5.63. The Hall–Kier alpha value is -3.12. The van der Waals surface area contributed by atoms with Crippen LogP contribution in [-0.2, 0) is 13.2 Å². The van der Waals surface area contributed by atoms with Crippen molar-refractivity contribution in [1.29, 1.82) is 0 Å². The Balaban J connectivity index is 1.28. The number of hydrogen-bond acceptors (Lipinski definition) is 3. The molecule has 0 saturated carbocycles. The lowest BCUT2D eigenvalue weighted by Crippen LogP contribution is -2.43. The number of carbonyl (C=O) groups is 1. The molecule has 1 fully saturated rings. The summed E-state index contributed by atoms with van der Waals surface area (Å²) in [6, 6.07) is 16.1. The number of hydrogen-bond donors (Lipinski definition) is 2. The molecule has 1 aliphatic heterocycles. The maximum Gasteiger partial charge on any atom is 0.317 e. The highest BCUT2D eigenvalue weighted by molar-refractivity contribution is 5.74. The molecule has 29 heavy (non-hydrogen) atoms. The first-order valence-electron chi connectivity index (χ1n) is 10.0. The van der Waals surface area contributed by atoms with Gasteiger partial charge >= 0.3 is 6.03 Å². The molecule has 2 amide bonds. The van der Waals surface area contributed by atoms with E-state index in [0.29, 0.717) is 12.5 Å². The number of likely N-dealkylation sites (tertiary alicyclic amines) is 1. The fourth-order valence-electron chi connectivity index (χ4n) is 3.96. The molecule has 0 radical (unpaired) electrons. The Labute approximate surface area is 170 Å². The number of nitrogens with one attached hydrogen (secondary N) is 1. The van der Waals surface area contributed by atoms with Crippen molar-refractivity contribution in [2.45, 2.75) is 31.9 Å². The van der Waals surface area contributed by atoms with Crippen LogP contribution in [0.1, 0.15) is 35.4 Å². The van der Waals surface area contributed by atoms with E-state index in [1.165, 1.54) is 5.56 Å². The number of aliphatic hydroxyl groups is 1. The largest absolute Gasteiger partial charge is 0.392 e. The van der Waals surface area contributed by atoms with Crippen LogP contribution in [0.25, 0.3) is 5.69 Å². The standard InChI is InChI=1S/C23H26N4O2/c28-16-20-3-1-2-4-22(20)19-9-12-26(13-10-19)23(29)25-15-18-5-7-21(8-6-18)27-14-11-24-17-27/h1-8,11,14,17,19,28H,9-10,12-13,15-16H2,(H,25,29). The van der Waals surface area contributed by atoms with Gasteiger partial charge < -0.3 is 19.9 Å². The van der Waals surface area contributed by atoms with E-state index in [1.54, 1.807) is 12.5 Å². The van der Waals surface area contributed by atoms with E-state index in [1.807, 2.05) is 58.1 Å². The van der Waals surface area contributed by atoms with E-state index < -0.39 is 0 Å². The van der Waals surface area contributed by atoms with Crippen LogP contribution in [0.4, 0.5) is 4.79 Å². The van der Waals surface area contributed by atoms with Gasteiger partial charge in [0.15, 0.2) is 0 Å². The van der Waals surface area contributed by atoms with Crippen molar-refractivity contribution in [1.82, 2.24) is 19.8 Å². The molecule has 2 aromatic carbocycles. The SMILES string of the molecule is O=C(NCc1ccc(-n2ccnc2)cc1)N1CCC(c2ccccc2CO)CC1. The van der Waals surface area contributed by atoms with E-state index in [4.69, 9.17) is 0 Å². The molecule has 3 aromatic rings. The van der Waals surface area contributed by atoms with Crippen LogP contribution >= 0.6 is 0 Å². The third-order valence-corrected chi connectivity index (χ3v) is 5.63. The summed E-state index contributed by atoms with van der Waals surface area (Å²) >= 11 is 0. The van der Waals surface area contributed by atoms with Gasteiger partial charge in [0.25, 0.3) is 0 Å². The average molecular weight is 390 g/mol. The molecular weight excluding hydrogens is 364 g/mol. The second-order valence-corrected chi connectivity index (χ2v) is 7.41. The normalized spacial score (nSPS) is 14.7. The van der Waals surface area contributed by atoms with Crippen molar-refractivity contribution in [3.63, 3.8) is 0 Å². The molecule has 2 N–H and O–H groups in total. The second kappa shape index (κ2) is 8.92. The lowest BCUT2D eigenvalue weighted by atomic mass is 9.87. The summed E-state index contributed by atoms with van der Waals surface area (Å²) in [5, 5.41) is 12.6. The molecule has 0 spiro atoms. The summed E-state index contributed by atoms with van der Waals surface area (Å²) in [6.07, 6.45) is 7.26. The van der Waals surface area contributed by atoms with Gasteiger partial charge in [-0.15, -0.1) is 0 Å². The highest BCUT2D eigenvalue weighted by Gasteiger charge is 2.24. The fraction of sp³-hybridized carbons (Fsp3) is 0.304. The molecule has 0 unspecified atom stereocenters. The lowest BCUT2D eigenvalue weighted by Gasteiger charge is -2.33. The Kier molecular flexibility index (Phi) is 5.91. The number of amides is 2. The molecule has 4 rings (SSSR count). The number of imidazole rings is 1. The summed E-state index contributed by atoms with van der Waals surface area (Å²) in [5.74, 6) is 0.401. The van der Waals surface area contributed by atoms with E-state index in [-0.39, 0.29) is 12.6 Å². The smallest absolute Gasteiger partial charge is 0.317 e. The zero-order chi connectivity index (χ0) is 20.1. The summed E-state index contributed by atoms with van der Waals surface area (Å²) in [4.78, 5) is 18.5. The highest BCUT2D eigenvalue weighted by Crippen LogP contribution is 2.30. The number of carbonyl (C=O) groups excluding carboxylic acids is 1. The minimum absolute atomic E-state index is 0.0161. The van der Waals surface area contributed by atoms with Crippen molar-refractivity contribution in [3.8, 4) is 5.69 Å². The van der Waals surface area contributed by atoms with Crippen molar-refractivity contribution in [3.05, 3.63) is 83.9 Å². The van der Waals surface area contributed by atoms with Crippen molar-refractivity contribution in [2.24, 2.45) is 0 Å². The van der Waals surface area contributed by atoms with Gasteiger partial charge in [0.1, 0.15) is 0 Å².